The van der Waals surface area contributed by atoms with Crippen molar-refractivity contribution in [3.05, 3.63) is 23.5 Å². The highest BCUT2D eigenvalue weighted by molar-refractivity contribution is 5.65. The topological polar surface area (TPSA) is 54.0 Å². The summed E-state index contributed by atoms with van der Waals surface area (Å²) in [6.07, 6.45) is 6.69. The van der Waals surface area contributed by atoms with Gasteiger partial charge in [0, 0.05) is 17.9 Å². The zero-order valence-electron chi connectivity index (χ0n) is 13.6. The highest BCUT2D eigenvalue weighted by atomic mass is 17.2. The Balaban J connectivity index is 2.63. The number of rotatable bonds is 8. The second-order valence-corrected chi connectivity index (χ2v) is 5.87. The average Bonchev–Trinajstić information content (AvgIpc) is 2.40. The van der Waals surface area contributed by atoms with Crippen LogP contribution in [0.3, 0.4) is 0 Å². The second kappa shape index (κ2) is 8.20. The second-order valence-electron chi connectivity index (χ2n) is 5.87. The Labute approximate surface area is 126 Å². The molecule has 5 nitrogen and oxygen atoms in total. The van der Waals surface area contributed by atoms with Crippen LogP contribution in [0.2, 0.25) is 0 Å². The van der Waals surface area contributed by atoms with E-state index in [-0.39, 0.29) is 11.5 Å². The maximum Gasteiger partial charge on any atom is 0.352 e. The summed E-state index contributed by atoms with van der Waals surface area (Å²) in [5, 5.41) is 0. The molecule has 1 unspecified atom stereocenters. The lowest BCUT2D eigenvalue weighted by Crippen LogP contribution is -2.34. The molecule has 0 saturated carbocycles. The SMILES string of the molecule is CCCCCOOC1C(C)=C(OOC(C)=O)C=CC1(C)C. The Bertz CT molecular complexity index is 409. The summed E-state index contributed by atoms with van der Waals surface area (Å²) >= 11 is 0. The van der Waals surface area contributed by atoms with Gasteiger partial charge in [-0.2, -0.15) is 0 Å². The number of hydrogen-bond donors (Lipinski definition) is 0. The van der Waals surface area contributed by atoms with Crippen molar-refractivity contribution in [2.24, 2.45) is 5.41 Å². The molecule has 0 N–H and O–H groups in total. The smallest absolute Gasteiger partial charge is 0.287 e. The lowest BCUT2D eigenvalue weighted by Gasteiger charge is -2.34. The third-order valence-electron chi connectivity index (χ3n) is 3.37. The first-order chi connectivity index (χ1) is 9.88. The Morgan fingerprint density at radius 2 is 2.05 bits per heavy atom. The summed E-state index contributed by atoms with van der Waals surface area (Å²) in [4.78, 5) is 31.3. The molecule has 0 bridgehead atoms. The van der Waals surface area contributed by atoms with Crippen molar-refractivity contribution in [1.29, 1.82) is 0 Å². The normalized spacial score (nSPS) is 20.5. The summed E-state index contributed by atoms with van der Waals surface area (Å²) in [6.45, 7) is 9.98. The van der Waals surface area contributed by atoms with Crippen molar-refractivity contribution < 1.29 is 24.3 Å². The zero-order chi connectivity index (χ0) is 15.9. The van der Waals surface area contributed by atoms with Crippen LogP contribution >= 0.6 is 0 Å². The van der Waals surface area contributed by atoms with Crippen LogP contribution < -0.4 is 0 Å². The molecule has 0 radical (unpaired) electrons. The van der Waals surface area contributed by atoms with Gasteiger partial charge in [0.1, 0.15) is 6.10 Å². The van der Waals surface area contributed by atoms with Crippen LogP contribution in [-0.4, -0.2) is 18.7 Å². The van der Waals surface area contributed by atoms with Crippen molar-refractivity contribution in [3.8, 4) is 0 Å². The molecule has 0 heterocycles. The Morgan fingerprint density at radius 1 is 1.33 bits per heavy atom. The van der Waals surface area contributed by atoms with E-state index in [1.807, 2.05) is 13.0 Å². The first-order valence-electron chi connectivity index (χ1n) is 7.42. The van der Waals surface area contributed by atoms with Gasteiger partial charge in [-0.3, -0.25) is 9.78 Å². The third-order valence-corrected chi connectivity index (χ3v) is 3.37. The van der Waals surface area contributed by atoms with E-state index in [4.69, 9.17) is 14.7 Å². The first-order valence-corrected chi connectivity index (χ1v) is 7.42. The fourth-order valence-corrected chi connectivity index (χ4v) is 2.12. The lowest BCUT2D eigenvalue weighted by atomic mass is 9.79. The maximum atomic E-state index is 10.8. The number of hydrogen-bond acceptors (Lipinski definition) is 5. The van der Waals surface area contributed by atoms with Crippen LogP contribution in [-0.2, 0) is 24.3 Å². The molecule has 0 aromatic rings. The van der Waals surface area contributed by atoms with Gasteiger partial charge in [0.05, 0.1) is 6.61 Å². The van der Waals surface area contributed by atoms with E-state index < -0.39 is 5.97 Å². The summed E-state index contributed by atoms with van der Waals surface area (Å²) < 4.78 is 0. The van der Waals surface area contributed by atoms with Gasteiger partial charge in [0.25, 0.3) is 0 Å². The van der Waals surface area contributed by atoms with E-state index in [2.05, 4.69) is 25.7 Å². The molecule has 0 fully saturated rings. The number of carbonyl (C=O) groups is 1. The van der Waals surface area contributed by atoms with Crippen LogP contribution in [0.15, 0.2) is 23.5 Å². The van der Waals surface area contributed by atoms with Gasteiger partial charge in [-0.05, 0) is 19.4 Å². The highest BCUT2D eigenvalue weighted by Crippen LogP contribution is 2.36. The van der Waals surface area contributed by atoms with Crippen molar-refractivity contribution in [3.63, 3.8) is 0 Å². The van der Waals surface area contributed by atoms with E-state index in [0.717, 1.165) is 24.8 Å². The fourth-order valence-electron chi connectivity index (χ4n) is 2.12. The van der Waals surface area contributed by atoms with Gasteiger partial charge in [-0.1, -0.05) is 39.7 Å². The molecule has 1 rings (SSSR count). The van der Waals surface area contributed by atoms with Gasteiger partial charge in [0.15, 0.2) is 5.76 Å². The molecule has 0 saturated heterocycles. The van der Waals surface area contributed by atoms with E-state index in [0.29, 0.717) is 12.4 Å². The molecule has 0 spiro atoms. The van der Waals surface area contributed by atoms with E-state index in [1.165, 1.54) is 6.92 Å². The molecule has 1 atom stereocenters. The van der Waals surface area contributed by atoms with Gasteiger partial charge < -0.3 is 0 Å². The molecular weight excluding hydrogens is 272 g/mol. The highest BCUT2D eigenvalue weighted by Gasteiger charge is 2.36. The predicted molar refractivity (Wildman–Crippen MR) is 78.8 cm³/mol. The molecule has 0 aromatic heterocycles. The average molecular weight is 298 g/mol. The maximum absolute atomic E-state index is 10.8. The largest absolute Gasteiger partial charge is 0.352 e. The minimum absolute atomic E-state index is 0.224. The number of carbonyl (C=O) groups excluding carboxylic acids is 1. The van der Waals surface area contributed by atoms with Gasteiger partial charge in [-0.25, -0.2) is 14.6 Å². The van der Waals surface area contributed by atoms with Gasteiger partial charge in [0.2, 0.25) is 0 Å². The van der Waals surface area contributed by atoms with Crippen LogP contribution in [0.1, 0.15) is 53.9 Å². The molecule has 0 amide bonds. The first kappa shape index (κ1) is 17.7. The number of unbranched alkanes of at least 4 members (excludes halogenated alkanes) is 2. The summed E-state index contributed by atoms with van der Waals surface area (Å²) in [5.41, 5.74) is 0.608. The van der Waals surface area contributed by atoms with Crippen LogP contribution in [0.5, 0.6) is 0 Å². The monoisotopic (exact) mass is 298 g/mol. The van der Waals surface area contributed by atoms with Crippen LogP contribution in [0.25, 0.3) is 0 Å². The third kappa shape index (κ3) is 5.52. The van der Waals surface area contributed by atoms with Crippen molar-refractivity contribution in [2.75, 3.05) is 6.61 Å². The molecular formula is C16H26O5. The molecule has 21 heavy (non-hydrogen) atoms. The minimum Gasteiger partial charge on any atom is -0.287 e. The van der Waals surface area contributed by atoms with E-state index >= 15 is 0 Å². The lowest BCUT2D eigenvalue weighted by molar-refractivity contribution is -0.331. The Morgan fingerprint density at radius 3 is 2.67 bits per heavy atom. The Hall–Kier alpha value is -1.33. The zero-order valence-corrected chi connectivity index (χ0v) is 13.6. The molecule has 0 aliphatic heterocycles. The quantitative estimate of drug-likeness (QED) is 0.387. The number of allylic oxidation sites excluding steroid dienone is 1. The molecule has 1 aliphatic rings. The van der Waals surface area contributed by atoms with Crippen molar-refractivity contribution in [2.45, 2.75) is 60.0 Å². The fraction of sp³-hybridized carbons (Fsp3) is 0.688. The molecule has 5 heteroatoms. The summed E-state index contributed by atoms with van der Waals surface area (Å²) in [6, 6.07) is 0. The van der Waals surface area contributed by atoms with E-state index in [1.54, 1.807) is 6.08 Å². The molecule has 0 aromatic carbocycles. The predicted octanol–water partition coefficient (Wildman–Crippen LogP) is 3.86. The summed E-state index contributed by atoms with van der Waals surface area (Å²) in [7, 11) is 0. The van der Waals surface area contributed by atoms with Gasteiger partial charge in [-0.15, -0.1) is 0 Å². The van der Waals surface area contributed by atoms with Crippen molar-refractivity contribution in [1.82, 2.24) is 0 Å². The summed E-state index contributed by atoms with van der Waals surface area (Å²) in [5.74, 6) is -0.0199. The minimum atomic E-state index is -0.498. The van der Waals surface area contributed by atoms with Crippen LogP contribution in [0, 0.1) is 5.41 Å². The standard InChI is InChI=1S/C16H26O5/c1-6-7-8-11-18-21-15-12(2)14(20-19-13(3)17)9-10-16(15,4)5/h9-10,15H,6-8,11H2,1-5H3. The van der Waals surface area contributed by atoms with E-state index in [9.17, 15) is 4.79 Å². The van der Waals surface area contributed by atoms with Gasteiger partial charge >= 0.3 is 5.97 Å². The molecule has 1 aliphatic carbocycles. The Kier molecular flexibility index (Phi) is 6.92. The molecule has 120 valence electrons. The van der Waals surface area contributed by atoms with Crippen LogP contribution in [0.4, 0.5) is 0 Å². The van der Waals surface area contributed by atoms with Crippen molar-refractivity contribution >= 4 is 5.97 Å².